The van der Waals surface area contributed by atoms with Gasteiger partial charge in [-0.2, -0.15) is 0 Å². The standard InChI is InChI=1S/C15H24N2O3S.ClH/c1-12(2)21(19,20)11-13-6-4-7-14(10-13)17-15(18)8-5-9-16-3;/h4,6-7,10,12,16H,5,8-9,11H2,1-3H3,(H,17,18);1H. The molecule has 0 atom stereocenters. The lowest BCUT2D eigenvalue weighted by atomic mass is 10.2. The van der Waals surface area contributed by atoms with Crippen LogP contribution in [0.1, 0.15) is 32.3 Å². The lowest BCUT2D eigenvalue weighted by Crippen LogP contribution is -2.17. The van der Waals surface area contributed by atoms with Crippen LogP contribution in [-0.2, 0) is 20.4 Å². The molecule has 0 aliphatic heterocycles. The average Bonchev–Trinajstić information content (AvgIpc) is 2.38. The summed E-state index contributed by atoms with van der Waals surface area (Å²) in [5, 5.41) is 5.38. The minimum absolute atomic E-state index is 0. The Morgan fingerprint density at radius 2 is 1.95 bits per heavy atom. The number of anilines is 1. The molecule has 1 amide bonds. The molecule has 1 rings (SSSR count). The van der Waals surface area contributed by atoms with Gasteiger partial charge in [0, 0.05) is 12.1 Å². The van der Waals surface area contributed by atoms with Crippen LogP contribution in [0.5, 0.6) is 0 Å². The number of hydrogen-bond acceptors (Lipinski definition) is 4. The van der Waals surface area contributed by atoms with E-state index in [0.717, 1.165) is 13.0 Å². The van der Waals surface area contributed by atoms with E-state index < -0.39 is 15.1 Å². The highest BCUT2D eigenvalue weighted by atomic mass is 35.5. The van der Waals surface area contributed by atoms with Gasteiger partial charge < -0.3 is 10.6 Å². The van der Waals surface area contributed by atoms with Crippen LogP contribution in [0.25, 0.3) is 0 Å². The molecule has 0 spiro atoms. The first-order valence-electron chi connectivity index (χ1n) is 7.10. The Bertz CT molecular complexity index is 574. The smallest absolute Gasteiger partial charge is 0.224 e. The summed E-state index contributed by atoms with van der Waals surface area (Å²) in [6.45, 7) is 4.13. The van der Waals surface area contributed by atoms with Gasteiger partial charge in [0.2, 0.25) is 5.91 Å². The summed E-state index contributed by atoms with van der Waals surface area (Å²) in [5.41, 5.74) is 1.33. The van der Waals surface area contributed by atoms with Crippen LogP contribution in [0, 0.1) is 0 Å². The number of benzene rings is 1. The minimum atomic E-state index is -3.14. The number of sulfone groups is 1. The molecule has 22 heavy (non-hydrogen) atoms. The molecule has 0 heterocycles. The summed E-state index contributed by atoms with van der Waals surface area (Å²) in [5.74, 6) is -0.0668. The zero-order valence-electron chi connectivity index (χ0n) is 13.3. The summed E-state index contributed by atoms with van der Waals surface area (Å²) in [4.78, 5) is 11.7. The van der Waals surface area contributed by atoms with Gasteiger partial charge in [0.15, 0.2) is 9.84 Å². The molecule has 0 radical (unpaired) electrons. The van der Waals surface area contributed by atoms with Crippen LogP contribution < -0.4 is 10.6 Å². The fraction of sp³-hybridized carbons (Fsp3) is 0.533. The van der Waals surface area contributed by atoms with Crippen LogP contribution in [-0.4, -0.2) is 33.2 Å². The molecule has 0 bridgehead atoms. The van der Waals surface area contributed by atoms with Gasteiger partial charge in [-0.15, -0.1) is 12.4 Å². The highest BCUT2D eigenvalue weighted by Gasteiger charge is 2.16. The molecule has 0 aliphatic rings. The molecule has 1 aromatic rings. The Balaban J connectivity index is 0.00000441. The van der Waals surface area contributed by atoms with Gasteiger partial charge in [-0.1, -0.05) is 12.1 Å². The van der Waals surface area contributed by atoms with Crippen molar-refractivity contribution in [3.8, 4) is 0 Å². The molecule has 5 nitrogen and oxygen atoms in total. The van der Waals surface area contributed by atoms with Crippen LogP contribution in [0.4, 0.5) is 5.69 Å². The normalized spacial score (nSPS) is 11.1. The maximum atomic E-state index is 11.9. The molecule has 1 aromatic carbocycles. The van der Waals surface area contributed by atoms with Crippen LogP contribution in [0.2, 0.25) is 0 Å². The van der Waals surface area contributed by atoms with E-state index in [0.29, 0.717) is 17.7 Å². The second-order valence-electron chi connectivity index (χ2n) is 5.31. The average molecular weight is 349 g/mol. The monoisotopic (exact) mass is 348 g/mol. The maximum Gasteiger partial charge on any atom is 0.224 e. The zero-order valence-corrected chi connectivity index (χ0v) is 14.9. The molecule has 0 fully saturated rings. The van der Waals surface area contributed by atoms with Crippen LogP contribution >= 0.6 is 12.4 Å². The molecular weight excluding hydrogens is 324 g/mol. The quantitative estimate of drug-likeness (QED) is 0.707. The third-order valence-corrected chi connectivity index (χ3v) is 5.30. The fourth-order valence-electron chi connectivity index (χ4n) is 1.79. The lowest BCUT2D eigenvalue weighted by Gasteiger charge is -2.10. The van der Waals surface area contributed by atoms with Gasteiger partial charge >= 0.3 is 0 Å². The first kappa shape index (κ1) is 20.9. The highest BCUT2D eigenvalue weighted by molar-refractivity contribution is 7.91. The minimum Gasteiger partial charge on any atom is -0.326 e. The predicted molar refractivity (Wildman–Crippen MR) is 93.2 cm³/mol. The number of carbonyl (C=O) groups is 1. The SMILES string of the molecule is CNCCCC(=O)Nc1cccc(CS(=O)(=O)C(C)C)c1.Cl. The third kappa shape index (κ3) is 7.24. The van der Waals surface area contributed by atoms with Crippen molar-refractivity contribution in [1.82, 2.24) is 5.32 Å². The van der Waals surface area contributed by atoms with Crippen molar-refractivity contribution in [3.05, 3.63) is 29.8 Å². The van der Waals surface area contributed by atoms with E-state index in [1.165, 1.54) is 0 Å². The Morgan fingerprint density at radius 1 is 1.27 bits per heavy atom. The Kier molecular flexibility index (Phi) is 9.32. The summed E-state index contributed by atoms with van der Waals surface area (Å²) < 4.78 is 23.8. The summed E-state index contributed by atoms with van der Waals surface area (Å²) in [6.07, 6.45) is 1.21. The summed E-state index contributed by atoms with van der Waals surface area (Å²) in [7, 11) is -1.29. The number of rotatable bonds is 8. The fourth-order valence-corrected chi connectivity index (χ4v) is 2.76. The van der Waals surface area contributed by atoms with E-state index in [1.54, 1.807) is 38.1 Å². The molecule has 7 heteroatoms. The van der Waals surface area contributed by atoms with Crippen LogP contribution in [0.3, 0.4) is 0 Å². The van der Waals surface area contributed by atoms with Crippen molar-refractivity contribution in [1.29, 1.82) is 0 Å². The molecular formula is C15H25ClN2O3S. The molecule has 0 aliphatic carbocycles. The highest BCUT2D eigenvalue weighted by Crippen LogP contribution is 2.16. The zero-order chi connectivity index (χ0) is 15.9. The first-order chi connectivity index (χ1) is 9.85. The first-order valence-corrected chi connectivity index (χ1v) is 8.81. The number of hydrogen-bond donors (Lipinski definition) is 2. The van der Waals surface area contributed by atoms with E-state index in [4.69, 9.17) is 0 Å². The second-order valence-corrected chi connectivity index (χ2v) is 7.87. The van der Waals surface area contributed by atoms with Crippen molar-refractivity contribution in [2.75, 3.05) is 18.9 Å². The Labute approximate surface area is 139 Å². The number of nitrogens with one attached hydrogen (secondary N) is 2. The second kappa shape index (κ2) is 9.82. The molecule has 0 unspecified atom stereocenters. The van der Waals surface area contributed by atoms with E-state index in [9.17, 15) is 13.2 Å². The van der Waals surface area contributed by atoms with Crippen molar-refractivity contribution < 1.29 is 13.2 Å². The van der Waals surface area contributed by atoms with Crippen molar-refractivity contribution in [3.63, 3.8) is 0 Å². The molecule has 126 valence electrons. The topological polar surface area (TPSA) is 75.3 Å². The van der Waals surface area contributed by atoms with Gasteiger partial charge in [-0.05, 0) is 51.6 Å². The molecule has 0 aromatic heterocycles. The summed E-state index contributed by atoms with van der Waals surface area (Å²) >= 11 is 0. The largest absolute Gasteiger partial charge is 0.326 e. The third-order valence-electron chi connectivity index (χ3n) is 3.13. The van der Waals surface area contributed by atoms with Gasteiger partial charge in [0.05, 0.1) is 11.0 Å². The molecule has 0 saturated carbocycles. The predicted octanol–water partition coefficient (Wildman–Crippen LogP) is 2.37. The van der Waals surface area contributed by atoms with Gasteiger partial charge in [0.25, 0.3) is 0 Å². The van der Waals surface area contributed by atoms with Crippen molar-refractivity contribution in [2.45, 2.75) is 37.7 Å². The summed E-state index contributed by atoms with van der Waals surface area (Å²) in [6, 6.07) is 7.00. The Morgan fingerprint density at radius 3 is 2.55 bits per heavy atom. The number of amides is 1. The van der Waals surface area contributed by atoms with E-state index in [-0.39, 0.29) is 24.1 Å². The van der Waals surface area contributed by atoms with E-state index in [1.807, 2.05) is 7.05 Å². The number of halogens is 1. The van der Waals surface area contributed by atoms with Crippen molar-refractivity contribution in [2.24, 2.45) is 0 Å². The van der Waals surface area contributed by atoms with Gasteiger partial charge in [0.1, 0.15) is 0 Å². The van der Waals surface area contributed by atoms with Gasteiger partial charge in [-0.25, -0.2) is 8.42 Å². The lowest BCUT2D eigenvalue weighted by molar-refractivity contribution is -0.116. The van der Waals surface area contributed by atoms with Crippen LogP contribution in [0.15, 0.2) is 24.3 Å². The Hall–Kier alpha value is -1.11. The van der Waals surface area contributed by atoms with Gasteiger partial charge in [-0.3, -0.25) is 4.79 Å². The van der Waals surface area contributed by atoms with E-state index >= 15 is 0 Å². The molecule has 2 N–H and O–H groups in total. The van der Waals surface area contributed by atoms with Crippen molar-refractivity contribution >= 4 is 33.8 Å². The van der Waals surface area contributed by atoms with E-state index in [2.05, 4.69) is 10.6 Å². The molecule has 0 saturated heterocycles. The maximum absolute atomic E-state index is 11.9. The number of carbonyl (C=O) groups excluding carboxylic acids is 1.